The second-order valence-corrected chi connectivity index (χ2v) is 7.23. The number of nitrogens with two attached hydrogens (primary N) is 2. The Morgan fingerprint density at radius 2 is 1.93 bits per heavy atom. The van der Waals surface area contributed by atoms with Crippen LogP contribution in [0.3, 0.4) is 0 Å². The van der Waals surface area contributed by atoms with Crippen LogP contribution < -0.4 is 16.8 Å². The van der Waals surface area contributed by atoms with Crippen molar-refractivity contribution >= 4 is 17.2 Å². The molecule has 3 rings (SSSR count). The third-order valence-electron chi connectivity index (χ3n) is 4.49. The molecule has 5 N–H and O–H groups in total. The number of aromatic nitrogens is 3. The lowest BCUT2D eigenvalue weighted by atomic mass is 9.88. The van der Waals surface area contributed by atoms with Gasteiger partial charge in [0, 0.05) is 40.2 Å². The summed E-state index contributed by atoms with van der Waals surface area (Å²) in [6.07, 6.45) is 1.22. The van der Waals surface area contributed by atoms with Gasteiger partial charge in [-0.1, -0.05) is 26.5 Å². The van der Waals surface area contributed by atoms with Gasteiger partial charge in [-0.05, 0) is 36.4 Å². The number of nitrogen functional groups attached to an aromatic ring is 1. The average Bonchev–Trinajstić information content (AvgIpc) is 2.67. The van der Waals surface area contributed by atoms with Crippen LogP contribution in [-0.4, -0.2) is 21.7 Å². The quantitative estimate of drug-likeness (QED) is 0.567. The van der Waals surface area contributed by atoms with Crippen molar-refractivity contribution in [3.8, 4) is 11.3 Å². The minimum atomic E-state index is -0.349. The normalized spacial score (nSPS) is 11.2. The summed E-state index contributed by atoms with van der Waals surface area (Å²) in [4.78, 5) is 4.17. The Balaban J connectivity index is 1.72. The summed E-state index contributed by atoms with van der Waals surface area (Å²) in [7, 11) is 0. The second-order valence-electron chi connectivity index (χ2n) is 7.23. The molecule has 0 fully saturated rings. The van der Waals surface area contributed by atoms with E-state index in [4.69, 9.17) is 11.5 Å². The first-order chi connectivity index (χ1) is 13.3. The largest absolute Gasteiger partial charge is 0.399 e. The summed E-state index contributed by atoms with van der Waals surface area (Å²) in [5, 5.41) is 11.8. The van der Waals surface area contributed by atoms with E-state index in [0.29, 0.717) is 35.0 Å². The maximum absolute atomic E-state index is 13.1. The third kappa shape index (κ3) is 4.25. The molecule has 0 aliphatic heterocycles. The third-order valence-corrected chi connectivity index (χ3v) is 4.49. The van der Waals surface area contributed by atoms with E-state index in [1.54, 1.807) is 12.1 Å². The summed E-state index contributed by atoms with van der Waals surface area (Å²) in [5.41, 5.74) is 15.4. The van der Waals surface area contributed by atoms with Crippen molar-refractivity contribution in [2.45, 2.75) is 19.3 Å². The molecule has 0 radical (unpaired) electrons. The van der Waals surface area contributed by atoms with E-state index in [2.05, 4.69) is 27.1 Å². The van der Waals surface area contributed by atoms with Gasteiger partial charge < -0.3 is 16.8 Å². The standard InChI is InChI=1S/C21H23FN6/c1-13(23)16-10-14(4-6-17(16)24)18-7-9-20(28-27-18)26-12-21(2,3)19-8-5-15(22)11-25-19/h4-11H,1,12,23-24H2,2-3H3,(H,26,28). The van der Waals surface area contributed by atoms with Crippen molar-refractivity contribution in [1.82, 2.24) is 15.2 Å². The van der Waals surface area contributed by atoms with Crippen molar-refractivity contribution in [3.05, 3.63) is 72.3 Å². The number of nitrogens with one attached hydrogen (secondary N) is 1. The maximum Gasteiger partial charge on any atom is 0.148 e. The average molecular weight is 378 g/mol. The van der Waals surface area contributed by atoms with Gasteiger partial charge in [-0.15, -0.1) is 10.2 Å². The summed E-state index contributed by atoms with van der Waals surface area (Å²) in [5.74, 6) is 0.288. The zero-order chi connectivity index (χ0) is 20.3. The number of benzene rings is 1. The van der Waals surface area contributed by atoms with Crippen LogP contribution in [0, 0.1) is 5.82 Å². The predicted octanol–water partition coefficient (Wildman–Crippen LogP) is 3.58. The number of nitrogens with zero attached hydrogens (tertiary/aromatic N) is 3. The molecule has 1 aromatic carbocycles. The monoisotopic (exact) mass is 378 g/mol. The fourth-order valence-electron chi connectivity index (χ4n) is 2.75. The number of anilines is 2. The van der Waals surface area contributed by atoms with E-state index >= 15 is 0 Å². The summed E-state index contributed by atoms with van der Waals surface area (Å²) in [6.45, 7) is 8.36. The van der Waals surface area contributed by atoms with Crippen molar-refractivity contribution in [2.75, 3.05) is 17.6 Å². The molecular weight excluding hydrogens is 355 g/mol. The fraction of sp³-hybridized carbons (Fsp3) is 0.190. The van der Waals surface area contributed by atoms with Gasteiger partial charge in [0.05, 0.1) is 11.9 Å². The molecule has 0 unspecified atom stereocenters. The Morgan fingerprint density at radius 1 is 1.14 bits per heavy atom. The van der Waals surface area contributed by atoms with Crippen molar-refractivity contribution in [1.29, 1.82) is 0 Å². The highest BCUT2D eigenvalue weighted by Gasteiger charge is 2.22. The lowest BCUT2D eigenvalue weighted by Crippen LogP contribution is -2.29. The van der Waals surface area contributed by atoms with Crippen LogP contribution in [0.1, 0.15) is 25.1 Å². The Hall–Kier alpha value is -3.48. The zero-order valence-electron chi connectivity index (χ0n) is 15.9. The van der Waals surface area contributed by atoms with E-state index in [0.717, 1.165) is 11.3 Å². The van der Waals surface area contributed by atoms with Gasteiger partial charge in [-0.25, -0.2) is 4.39 Å². The molecule has 2 aromatic heterocycles. The SMILES string of the molecule is C=C(N)c1cc(-c2ccc(NCC(C)(C)c3ccc(F)cn3)nn2)ccc1N. The molecule has 0 saturated carbocycles. The highest BCUT2D eigenvalue weighted by Crippen LogP contribution is 2.25. The Bertz CT molecular complexity index is 981. The van der Waals surface area contributed by atoms with Crippen molar-refractivity contribution in [3.63, 3.8) is 0 Å². The number of hydrogen-bond donors (Lipinski definition) is 3. The van der Waals surface area contributed by atoms with Crippen LogP contribution in [0.15, 0.2) is 55.2 Å². The van der Waals surface area contributed by atoms with Crippen molar-refractivity contribution in [2.24, 2.45) is 5.73 Å². The van der Waals surface area contributed by atoms with Crippen LogP contribution in [0.2, 0.25) is 0 Å². The van der Waals surface area contributed by atoms with Gasteiger partial charge in [0.1, 0.15) is 11.6 Å². The molecule has 0 saturated heterocycles. The van der Waals surface area contributed by atoms with E-state index < -0.39 is 0 Å². The lowest BCUT2D eigenvalue weighted by Gasteiger charge is -2.24. The molecule has 144 valence electrons. The van der Waals surface area contributed by atoms with Gasteiger partial charge in [0.15, 0.2) is 0 Å². The number of pyridine rings is 1. The molecular formula is C21H23FN6. The van der Waals surface area contributed by atoms with E-state index in [1.165, 1.54) is 12.3 Å². The van der Waals surface area contributed by atoms with Crippen LogP contribution in [0.5, 0.6) is 0 Å². The molecule has 0 aliphatic rings. The molecule has 0 bridgehead atoms. The zero-order valence-corrected chi connectivity index (χ0v) is 15.9. The summed E-state index contributed by atoms with van der Waals surface area (Å²) in [6, 6.07) is 12.3. The number of rotatable bonds is 6. The minimum absolute atomic E-state index is 0.304. The Morgan fingerprint density at radius 3 is 2.54 bits per heavy atom. The van der Waals surface area contributed by atoms with Crippen LogP contribution in [-0.2, 0) is 5.41 Å². The van der Waals surface area contributed by atoms with Crippen LogP contribution >= 0.6 is 0 Å². The fourth-order valence-corrected chi connectivity index (χ4v) is 2.75. The lowest BCUT2D eigenvalue weighted by molar-refractivity contribution is 0.530. The molecule has 0 spiro atoms. The first-order valence-electron chi connectivity index (χ1n) is 8.80. The molecule has 7 heteroatoms. The number of hydrogen-bond acceptors (Lipinski definition) is 6. The first kappa shape index (κ1) is 19.3. The van der Waals surface area contributed by atoms with Gasteiger partial charge in [0.2, 0.25) is 0 Å². The first-order valence-corrected chi connectivity index (χ1v) is 8.80. The minimum Gasteiger partial charge on any atom is -0.399 e. The van der Waals surface area contributed by atoms with Crippen LogP contribution in [0.4, 0.5) is 15.9 Å². The highest BCUT2D eigenvalue weighted by molar-refractivity contribution is 5.76. The van der Waals surface area contributed by atoms with Crippen molar-refractivity contribution < 1.29 is 4.39 Å². The van der Waals surface area contributed by atoms with E-state index in [-0.39, 0.29) is 11.2 Å². The summed E-state index contributed by atoms with van der Waals surface area (Å²) < 4.78 is 13.1. The maximum atomic E-state index is 13.1. The van der Waals surface area contributed by atoms with Crippen LogP contribution in [0.25, 0.3) is 17.0 Å². The smallest absolute Gasteiger partial charge is 0.148 e. The van der Waals surface area contributed by atoms with Gasteiger partial charge in [-0.2, -0.15) is 0 Å². The molecule has 0 amide bonds. The highest BCUT2D eigenvalue weighted by atomic mass is 19.1. The summed E-state index contributed by atoms with van der Waals surface area (Å²) >= 11 is 0. The van der Waals surface area contributed by atoms with Gasteiger partial charge >= 0.3 is 0 Å². The molecule has 2 heterocycles. The molecule has 6 nitrogen and oxygen atoms in total. The molecule has 0 atom stereocenters. The Labute approximate surface area is 163 Å². The van der Waals surface area contributed by atoms with Gasteiger partial charge in [0.25, 0.3) is 0 Å². The number of halogens is 1. The molecule has 0 aliphatic carbocycles. The van der Waals surface area contributed by atoms with Gasteiger partial charge in [-0.3, -0.25) is 4.98 Å². The molecule has 3 aromatic rings. The Kier molecular flexibility index (Phi) is 5.26. The van der Waals surface area contributed by atoms with E-state index in [1.807, 2.05) is 38.1 Å². The second kappa shape index (κ2) is 7.64. The van der Waals surface area contributed by atoms with E-state index in [9.17, 15) is 4.39 Å². The topological polar surface area (TPSA) is 103 Å². The predicted molar refractivity (Wildman–Crippen MR) is 111 cm³/mol. The molecule has 28 heavy (non-hydrogen) atoms.